The van der Waals surface area contributed by atoms with Gasteiger partial charge in [-0.25, -0.2) is 4.79 Å². The van der Waals surface area contributed by atoms with Gasteiger partial charge in [-0.05, 0) is 25.5 Å². The van der Waals surface area contributed by atoms with E-state index in [1.54, 1.807) is 6.92 Å². The number of carbonyl (C=O) groups excluding carboxylic acids is 1. The quantitative estimate of drug-likeness (QED) is 0.490. The number of nitro benzene ring substituents is 1. The minimum absolute atomic E-state index is 0.127. The Morgan fingerprint density at radius 2 is 2.16 bits per heavy atom. The van der Waals surface area contributed by atoms with E-state index in [-0.39, 0.29) is 18.0 Å². The Balaban J connectivity index is 2.85. The summed E-state index contributed by atoms with van der Waals surface area (Å²) in [7, 11) is 1.15. The van der Waals surface area contributed by atoms with E-state index in [2.05, 4.69) is 4.74 Å². The zero-order valence-corrected chi connectivity index (χ0v) is 10.9. The molecule has 0 fully saturated rings. The summed E-state index contributed by atoms with van der Waals surface area (Å²) in [5.41, 5.74) is -1.28. The third-order valence-corrected chi connectivity index (χ3v) is 2.52. The van der Waals surface area contributed by atoms with Gasteiger partial charge in [-0.3, -0.25) is 10.1 Å². The lowest BCUT2D eigenvalue weighted by Gasteiger charge is -2.20. The van der Waals surface area contributed by atoms with Gasteiger partial charge >= 0.3 is 5.97 Å². The topological polar surface area (TPSA) is 98.9 Å². The van der Waals surface area contributed by atoms with Crippen LogP contribution in [-0.2, 0) is 9.53 Å². The summed E-state index contributed by atoms with van der Waals surface area (Å²) in [6.45, 7) is 2.58. The minimum Gasteiger partial charge on any atom is -0.489 e. The van der Waals surface area contributed by atoms with Crippen LogP contribution in [-0.4, -0.2) is 35.3 Å². The van der Waals surface area contributed by atoms with Crippen molar-refractivity contribution in [3.8, 4) is 5.75 Å². The predicted molar refractivity (Wildman–Crippen MR) is 66.0 cm³/mol. The Kier molecular flexibility index (Phi) is 4.44. The van der Waals surface area contributed by atoms with Crippen molar-refractivity contribution in [3.05, 3.63) is 33.9 Å². The number of hydrogen-bond acceptors (Lipinski definition) is 6. The first-order chi connectivity index (χ1) is 8.77. The molecule has 0 aliphatic heterocycles. The molecule has 1 rings (SSSR count). The summed E-state index contributed by atoms with van der Waals surface area (Å²) in [6.07, 6.45) is 0. The van der Waals surface area contributed by atoms with Crippen LogP contribution in [0.3, 0.4) is 0 Å². The second kappa shape index (κ2) is 5.66. The normalized spacial score (nSPS) is 13.5. The lowest BCUT2D eigenvalue weighted by Crippen LogP contribution is -2.42. The highest BCUT2D eigenvalue weighted by molar-refractivity contribution is 5.78. The molecule has 104 valence electrons. The van der Waals surface area contributed by atoms with Gasteiger partial charge in [0.15, 0.2) is 5.60 Å². The van der Waals surface area contributed by atoms with Crippen molar-refractivity contribution in [2.45, 2.75) is 19.4 Å². The zero-order chi connectivity index (χ0) is 14.6. The number of nitro groups is 1. The van der Waals surface area contributed by atoms with Crippen LogP contribution >= 0.6 is 0 Å². The SMILES string of the molecule is COC(=O)C(C)(O)COc1cc([N+](=O)[O-])ccc1C. The maximum absolute atomic E-state index is 11.3. The smallest absolute Gasteiger partial charge is 0.341 e. The molecule has 0 aliphatic rings. The maximum atomic E-state index is 11.3. The number of carbonyl (C=O) groups is 1. The lowest BCUT2D eigenvalue weighted by atomic mass is 10.1. The first-order valence-electron chi connectivity index (χ1n) is 5.46. The van der Waals surface area contributed by atoms with Crippen molar-refractivity contribution in [1.29, 1.82) is 0 Å². The standard InChI is InChI=1S/C12H15NO6/c1-8-4-5-9(13(16)17)6-10(8)19-7-12(2,15)11(14)18-3/h4-6,15H,7H2,1-3H3. The average Bonchev–Trinajstić information content (AvgIpc) is 2.36. The van der Waals surface area contributed by atoms with Gasteiger partial charge in [0, 0.05) is 6.07 Å². The molecule has 0 spiro atoms. The number of aryl methyl sites for hydroxylation is 1. The fraction of sp³-hybridized carbons (Fsp3) is 0.417. The van der Waals surface area contributed by atoms with E-state index in [9.17, 15) is 20.0 Å². The largest absolute Gasteiger partial charge is 0.489 e. The van der Waals surface area contributed by atoms with Crippen molar-refractivity contribution < 1.29 is 24.3 Å². The number of ether oxygens (including phenoxy) is 2. The number of rotatable bonds is 5. The highest BCUT2D eigenvalue weighted by atomic mass is 16.6. The van der Waals surface area contributed by atoms with E-state index < -0.39 is 16.5 Å². The first-order valence-corrected chi connectivity index (χ1v) is 5.46. The highest BCUT2D eigenvalue weighted by Crippen LogP contribution is 2.25. The molecule has 0 radical (unpaired) electrons. The van der Waals surface area contributed by atoms with E-state index in [4.69, 9.17) is 4.74 Å². The Hall–Kier alpha value is -2.15. The van der Waals surface area contributed by atoms with Crippen molar-refractivity contribution in [1.82, 2.24) is 0 Å². The summed E-state index contributed by atoms with van der Waals surface area (Å²) in [6, 6.07) is 4.11. The summed E-state index contributed by atoms with van der Waals surface area (Å²) >= 11 is 0. The molecular weight excluding hydrogens is 254 g/mol. The number of esters is 1. The van der Waals surface area contributed by atoms with Gasteiger partial charge in [0.1, 0.15) is 12.4 Å². The second-order valence-corrected chi connectivity index (χ2v) is 4.26. The molecule has 1 N–H and O–H groups in total. The average molecular weight is 269 g/mol. The van der Waals surface area contributed by atoms with Gasteiger partial charge in [0.05, 0.1) is 18.1 Å². The van der Waals surface area contributed by atoms with E-state index in [1.807, 2.05) is 0 Å². The second-order valence-electron chi connectivity index (χ2n) is 4.26. The lowest BCUT2D eigenvalue weighted by molar-refractivity contribution is -0.385. The van der Waals surface area contributed by atoms with Crippen molar-refractivity contribution in [2.24, 2.45) is 0 Å². The molecule has 7 heteroatoms. The van der Waals surface area contributed by atoms with E-state index >= 15 is 0 Å². The molecular formula is C12H15NO6. The van der Waals surface area contributed by atoms with Gasteiger partial charge < -0.3 is 14.6 Å². The molecule has 1 unspecified atom stereocenters. The Morgan fingerprint density at radius 3 is 2.68 bits per heavy atom. The van der Waals surface area contributed by atoms with Crippen molar-refractivity contribution in [3.63, 3.8) is 0 Å². The predicted octanol–water partition coefficient (Wildman–Crippen LogP) is 1.21. The molecule has 0 aliphatic carbocycles. The van der Waals surface area contributed by atoms with Gasteiger partial charge in [0.2, 0.25) is 0 Å². The number of hydrogen-bond donors (Lipinski definition) is 1. The molecule has 1 aromatic carbocycles. The van der Waals surface area contributed by atoms with Crippen LogP contribution in [0.1, 0.15) is 12.5 Å². The summed E-state index contributed by atoms with van der Waals surface area (Å²) in [4.78, 5) is 21.4. The summed E-state index contributed by atoms with van der Waals surface area (Å²) in [5.74, 6) is -0.603. The van der Waals surface area contributed by atoms with E-state index in [1.165, 1.54) is 25.1 Å². The maximum Gasteiger partial charge on any atom is 0.341 e. The van der Waals surface area contributed by atoms with Crippen LogP contribution < -0.4 is 4.74 Å². The molecule has 19 heavy (non-hydrogen) atoms. The summed E-state index contributed by atoms with van der Waals surface area (Å²) < 4.78 is 9.68. The highest BCUT2D eigenvalue weighted by Gasteiger charge is 2.32. The third-order valence-electron chi connectivity index (χ3n) is 2.52. The molecule has 1 aromatic rings. The van der Waals surface area contributed by atoms with Crippen LogP contribution in [0.5, 0.6) is 5.75 Å². The molecule has 0 heterocycles. The van der Waals surface area contributed by atoms with E-state index in [0.717, 1.165) is 7.11 Å². The Bertz CT molecular complexity index is 497. The van der Waals surface area contributed by atoms with Gasteiger partial charge in [0.25, 0.3) is 5.69 Å². The number of aliphatic hydroxyl groups is 1. The number of methoxy groups -OCH3 is 1. The van der Waals surface area contributed by atoms with Crippen LogP contribution in [0.15, 0.2) is 18.2 Å². The molecule has 1 atom stereocenters. The van der Waals surface area contributed by atoms with Gasteiger partial charge in [-0.1, -0.05) is 0 Å². The molecule has 0 aromatic heterocycles. The third kappa shape index (κ3) is 3.65. The summed E-state index contributed by atoms with van der Waals surface area (Å²) in [5, 5.41) is 20.4. The monoisotopic (exact) mass is 269 g/mol. The fourth-order valence-corrected chi connectivity index (χ4v) is 1.35. The van der Waals surface area contributed by atoms with Gasteiger partial charge in [-0.2, -0.15) is 0 Å². The fourth-order valence-electron chi connectivity index (χ4n) is 1.35. The zero-order valence-electron chi connectivity index (χ0n) is 10.9. The number of nitrogens with zero attached hydrogens (tertiary/aromatic N) is 1. The van der Waals surface area contributed by atoms with Gasteiger partial charge in [-0.15, -0.1) is 0 Å². The Morgan fingerprint density at radius 1 is 1.53 bits per heavy atom. The minimum atomic E-state index is -1.81. The molecule has 0 amide bonds. The first kappa shape index (κ1) is 14.9. The molecule has 0 bridgehead atoms. The van der Waals surface area contributed by atoms with Crippen molar-refractivity contribution >= 4 is 11.7 Å². The van der Waals surface area contributed by atoms with Crippen LogP contribution in [0.4, 0.5) is 5.69 Å². The van der Waals surface area contributed by atoms with Crippen LogP contribution in [0, 0.1) is 17.0 Å². The molecule has 7 nitrogen and oxygen atoms in total. The van der Waals surface area contributed by atoms with Crippen LogP contribution in [0.2, 0.25) is 0 Å². The van der Waals surface area contributed by atoms with Crippen molar-refractivity contribution in [2.75, 3.05) is 13.7 Å². The number of non-ortho nitro benzene ring substituents is 1. The molecule has 0 saturated heterocycles. The molecule has 0 saturated carbocycles. The van der Waals surface area contributed by atoms with Crippen LogP contribution in [0.25, 0.3) is 0 Å². The van der Waals surface area contributed by atoms with E-state index in [0.29, 0.717) is 5.56 Å². The Labute approximate surface area is 109 Å². The number of benzene rings is 1.